The Kier molecular flexibility index (Phi) is 2.50. The van der Waals surface area contributed by atoms with Crippen molar-refractivity contribution >= 4 is 0 Å². The van der Waals surface area contributed by atoms with E-state index in [0.29, 0.717) is 0 Å². The highest BCUT2D eigenvalue weighted by molar-refractivity contribution is 4.86. The molecule has 0 aliphatic rings. The molecule has 0 aromatic carbocycles. The predicted molar refractivity (Wildman–Crippen MR) is 33.0 cm³/mol. The minimum atomic E-state index is -0.588. The summed E-state index contributed by atoms with van der Waals surface area (Å²) in [4.78, 5) is 10.6. The number of rotatable bonds is 2. The van der Waals surface area contributed by atoms with Gasteiger partial charge in [0.15, 0.2) is 5.82 Å². The number of nitrogens with two attached hydrogens (primary N) is 1. The first-order chi connectivity index (χ1) is 4.04. The minimum absolute atomic E-state index is 0.139. The van der Waals surface area contributed by atoms with E-state index in [2.05, 4.69) is 0 Å². The van der Waals surface area contributed by atoms with Crippen molar-refractivity contribution in [2.45, 2.75) is 0 Å². The number of hydrogen-bond acceptors (Lipinski definition) is 4. The molecule has 9 heavy (non-hydrogen) atoms. The lowest BCUT2D eigenvalue weighted by Crippen LogP contribution is -2.19. The summed E-state index contributed by atoms with van der Waals surface area (Å²) in [6, 6.07) is 0. The van der Waals surface area contributed by atoms with Crippen molar-refractivity contribution in [3.8, 4) is 0 Å². The summed E-state index contributed by atoms with van der Waals surface area (Å²) in [6.07, 6.45) is 0.750. The summed E-state index contributed by atoms with van der Waals surface area (Å²) >= 11 is 0. The number of nitrogens with zero attached hydrogens (tertiary/aromatic N) is 2. The highest BCUT2D eigenvalue weighted by atomic mass is 16.6. The van der Waals surface area contributed by atoms with Gasteiger partial charge in [0.1, 0.15) is 0 Å². The van der Waals surface area contributed by atoms with E-state index < -0.39 is 4.92 Å². The van der Waals surface area contributed by atoms with Crippen molar-refractivity contribution < 1.29 is 4.92 Å². The lowest BCUT2D eigenvalue weighted by Gasteiger charge is -2.07. The van der Waals surface area contributed by atoms with Gasteiger partial charge in [0, 0.05) is 14.1 Å². The summed E-state index contributed by atoms with van der Waals surface area (Å²) in [5, 5.41) is 9.74. The van der Waals surface area contributed by atoms with Gasteiger partial charge in [0.05, 0.1) is 4.92 Å². The van der Waals surface area contributed by atoms with E-state index in [0.717, 1.165) is 6.20 Å². The second-order valence-corrected chi connectivity index (χ2v) is 1.73. The first-order valence-electron chi connectivity index (χ1n) is 2.32. The zero-order valence-electron chi connectivity index (χ0n) is 5.37. The average molecular weight is 131 g/mol. The largest absolute Gasteiger partial charge is 0.380 e. The quantitative estimate of drug-likeness (QED) is 0.408. The van der Waals surface area contributed by atoms with Gasteiger partial charge in [-0.15, -0.1) is 0 Å². The molecule has 0 aromatic heterocycles. The van der Waals surface area contributed by atoms with Gasteiger partial charge in [-0.25, -0.2) is 0 Å². The Labute approximate surface area is 52.9 Å². The van der Waals surface area contributed by atoms with Gasteiger partial charge in [-0.3, -0.25) is 10.1 Å². The second-order valence-electron chi connectivity index (χ2n) is 1.73. The maximum absolute atomic E-state index is 9.74. The van der Waals surface area contributed by atoms with Crippen LogP contribution >= 0.6 is 0 Å². The summed E-state index contributed by atoms with van der Waals surface area (Å²) in [5.41, 5.74) is 5.16. The van der Waals surface area contributed by atoms with E-state index in [1.165, 1.54) is 4.90 Å². The monoisotopic (exact) mass is 131 g/mol. The molecule has 0 unspecified atom stereocenters. The SMILES string of the molecule is CN(C)C(N)=C[N+](=O)[O-]. The molecule has 0 rings (SSSR count). The van der Waals surface area contributed by atoms with Crippen LogP contribution in [0.5, 0.6) is 0 Å². The van der Waals surface area contributed by atoms with Crippen molar-refractivity contribution in [1.29, 1.82) is 0 Å². The lowest BCUT2D eigenvalue weighted by molar-refractivity contribution is -0.404. The molecule has 0 aliphatic carbocycles. The molecule has 0 spiro atoms. The fourth-order valence-corrected chi connectivity index (χ4v) is 0.223. The average Bonchev–Trinajstić information content (AvgIpc) is 1.63. The summed E-state index contributed by atoms with van der Waals surface area (Å²) in [5.74, 6) is 0.139. The predicted octanol–water partition coefficient (Wildman–Crippen LogP) is -0.418. The highest BCUT2D eigenvalue weighted by Crippen LogP contribution is 1.86. The molecular formula is C4H9N3O2. The Morgan fingerprint density at radius 2 is 2.22 bits per heavy atom. The van der Waals surface area contributed by atoms with Crippen LogP contribution < -0.4 is 5.73 Å². The number of nitro groups is 1. The first kappa shape index (κ1) is 7.74. The van der Waals surface area contributed by atoms with E-state index in [-0.39, 0.29) is 5.82 Å². The Morgan fingerprint density at radius 3 is 2.33 bits per heavy atom. The summed E-state index contributed by atoms with van der Waals surface area (Å²) in [7, 11) is 3.27. The van der Waals surface area contributed by atoms with E-state index in [9.17, 15) is 10.1 Å². The van der Waals surface area contributed by atoms with Gasteiger partial charge in [0.2, 0.25) is 0 Å². The Morgan fingerprint density at radius 1 is 1.78 bits per heavy atom. The molecule has 0 aromatic rings. The fourth-order valence-electron chi connectivity index (χ4n) is 0.223. The molecule has 52 valence electrons. The van der Waals surface area contributed by atoms with Crippen LogP contribution in [0, 0.1) is 10.1 Å². The van der Waals surface area contributed by atoms with Crippen molar-refractivity contribution in [2.24, 2.45) is 5.73 Å². The van der Waals surface area contributed by atoms with Gasteiger partial charge in [-0.1, -0.05) is 0 Å². The normalized spacial score (nSPS) is 11.1. The van der Waals surface area contributed by atoms with Crippen molar-refractivity contribution in [2.75, 3.05) is 14.1 Å². The standard InChI is InChI=1S/C4H9N3O2/c1-6(2)4(5)3-7(8)9/h3H,5H2,1-2H3. The van der Waals surface area contributed by atoms with Gasteiger partial charge >= 0.3 is 0 Å². The van der Waals surface area contributed by atoms with Crippen LogP contribution in [0.15, 0.2) is 12.0 Å². The molecule has 0 aliphatic heterocycles. The maximum atomic E-state index is 9.74. The van der Waals surface area contributed by atoms with E-state index in [1.54, 1.807) is 14.1 Å². The molecule has 0 atom stereocenters. The zero-order valence-corrected chi connectivity index (χ0v) is 5.37. The van der Waals surface area contributed by atoms with Gasteiger partial charge < -0.3 is 10.6 Å². The third-order valence-electron chi connectivity index (χ3n) is 0.754. The molecular weight excluding hydrogens is 122 g/mol. The summed E-state index contributed by atoms with van der Waals surface area (Å²) in [6.45, 7) is 0. The van der Waals surface area contributed by atoms with Gasteiger partial charge in [-0.2, -0.15) is 0 Å². The van der Waals surface area contributed by atoms with Gasteiger partial charge in [0.25, 0.3) is 6.20 Å². The topological polar surface area (TPSA) is 72.4 Å². The van der Waals surface area contributed by atoms with Crippen LogP contribution in [0.4, 0.5) is 0 Å². The molecule has 0 saturated carbocycles. The summed E-state index contributed by atoms with van der Waals surface area (Å²) < 4.78 is 0. The van der Waals surface area contributed by atoms with Crippen LogP contribution in [0.3, 0.4) is 0 Å². The van der Waals surface area contributed by atoms with Crippen LogP contribution in [0.2, 0.25) is 0 Å². The van der Waals surface area contributed by atoms with Crippen molar-refractivity contribution in [3.63, 3.8) is 0 Å². The maximum Gasteiger partial charge on any atom is 0.274 e. The first-order valence-corrected chi connectivity index (χ1v) is 2.32. The van der Waals surface area contributed by atoms with Crippen LogP contribution in [0.25, 0.3) is 0 Å². The molecule has 2 N–H and O–H groups in total. The molecule has 0 bridgehead atoms. The van der Waals surface area contributed by atoms with Gasteiger partial charge in [-0.05, 0) is 0 Å². The Hall–Kier alpha value is -1.26. The minimum Gasteiger partial charge on any atom is -0.380 e. The molecule has 0 fully saturated rings. The van der Waals surface area contributed by atoms with Crippen LogP contribution in [0.1, 0.15) is 0 Å². The van der Waals surface area contributed by atoms with E-state index >= 15 is 0 Å². The van der Waals surface area contributed by atoms with Crippen molar-refractivity contribution in [1.82, 2.24) is 4.90 Å². The van der Waals surface area contributed by atoms with Crippen LogP contribution in [-0.4, -0.2) is 23.9 Å². The van der Waals surface area contributed by atoms with Crippen LogP contribution in [-0.2, 0) is 0 Å². The molecule has 0 saturated heterocycles. The zero-order chi connectivity index (χ0) is 7.44. The van der Waals surface area contributed by atoms with E-state index in [4.69, 9.17) is 5.73 Å². The lowest BCUT2D eigenvalue weighted by atomic mass is 10.7. The third-order valence-corrected chi connectivity index (χ3v) is 0.754. The molecule has 5 nitrogen and oxygen atoms in total. The smallest absolute Gasteiger partial charge is 0.274 e. The third kappa shape index (κ3) is 3.33. The Bertz CT molecular complexity index is 141. The highest BCUT2D eigenvalue weighted by Gasteiger charge is 1.96. The molecule has 5 heteroatoms. The van der Waals surface area contributed by atoms with Crippen molar-refractivity contribution in [3.05, 3.63) is 22.1 Å². The van der Waals surface area contributed by atoms with E-state index in [1.807, 2.05) is 0 Å². The number of hydrogen-bond donors (Lipinski definition) is 1. The Balaban J connectivity index is 4.00. The fraction of sp³-hybridized carbons (Fsp3) is 0.500. The second kappa shape index (κ2) is 2.91. The molecule has 0 amide bonds. The molecule has 0 radical (unpaired) electrons. The molecule has 0 heterocycles.